The molecular weight excluding hydrogens is 444 g/mol. The number of hydrogen-bond acceptors (Lipinski definition) is 6. The number of amides is 1. The van der Waals surface area contributed by atoms with Crippen molar-refractivity contribution in [3.63, 3.8) is 0 Å². The molecule has 1 aromatic carbocycles. The maximum atomic E-state index is 13.7. The van der Waals surface area contributed by atoms with Crippen LogP contribution in [0.2, 0.25) is 0 Å². The van der Waals surface area contributed by atoms with Crippen LogP contribution in [-0.4, -0.2) is 59.2 Å². The fourth-order valence-corrected chi connectivity index (χ4v) is 4.36. The molecule has 4 heterocycles. The van der Waals surface area contributed by atoms with Gasteiger partial charge in [-0.2, -0.15) is 0 Å². The first-order valence-electron chi connectivity index (χ1n) is 11.7. The lowest BCUT2D eigenvalue weighted by Crippen LogP contribution is -2.36. The molecule has 180 valence electrons. The van der Waals surface area contributed by atoms with Crippen molar-refractivity contribution in [3.05, 3.63) is 83.9 Å². The van der Waals surface area contributed by atoms with E-state index < -0.39 is 0 Å². The van der Waals surface area contributed by atoms with E-state index in [0.29, 0.717) is 43.4 Å². The van der Waals surface area contributed by atoms with Crippen LogP contribution in [0.25, 0.3) is 11.0 Å². The van der Waals surface area contributed by atoms with E-state index in [1.165, 1.54) is 0 Å². The number of benzene rings is 1. The number of aromatic amines is 1. The van der Waals surface area contributed by atoms with Gasteiger partial charge >= 0.3 is 0 Å². The number of H-pyrrole nitrogens is 1. The third kappa shape index (κ3) is 5.27. The molecule has 8 heteroatoms. The van der Waals surface area contributed by atoms with Gasteiger partial charge in [0, 0.05) is 42.5 Å². The van der Waals surface area contributed by atoms with Gasteiger partial charge in [-0.1, -0.05) is 12.1 Å². The molecule has 1 aliphatic rings. The van der Waals surface area contributed by atoms with Crippen LogP contribution < -0.4 is 9.47 Å². The molecule has 5 rings (SSSR count). The van der Waals surface area contributed by atoms with Crippen molar-refractivity contribution >= 4 is 16.9 Å². The molecule has 8 nitrogen and oxygen atoms in total. The molecule has 1 fully saturated rings. The Morgan fingerprint density at radius 2 is 2.09 bits per heavy atom. The zero-order chi connectivity index (χ0) is 24.0. The third-order valence-corrected chi connectivity index (χ3v) is 6.11. The molecule has 1 unspecified atom stereocenters. The highest BCUT2D eigenvalue weighted by Crippen LogP contribution is 2.33. The lowest BCUT2D eigenvalue weighted by atomic mass is 10.0. The lowest BCUT2D eigenvalue weighted by molar-refractivity contribution is 0.0731. The maximum Gasteiger partial charge on any atom is 0.257 e. The maximum absolute atomic E-state index is 13.7. The van der Waals surface area contributed by atoms with Gasteiger partial charge in [0.2, 0.25) is 0 Å². The molecule has 3 aromatic heterocycles. The number of nitrogens with one attached hydrogen (secondary N) is 1. The molecule has 1 aliphatic heterocycles. The summed E-state index contributed by atoms with van der Waals surface area (Å²) < 4.78 is 17.4. The highest BCUT2D eigenvalue weighted by molar-refractivity contribution is 5.98. The van der Waals surface area contributed by atoms with E-state index in [1.807, 2.05) is 41.4 Å². The summed E-state index contributed by atoms with van der Waals surface area (Å²) in [6.45, 7) is 2.38. The Hall–Kier alpha value is -3.91. The molecule has 1 N–H and O–H groups in total. The monoisotopic (exact) mass is 472 g/mol. The number of rotatable bonds is 7. The zero-order valence-corrected chi connectivity index (χ0v) is 19.6. The van der Waals surface area contributed by atoms with Gasteiger partial charge in [-0.15, -0.1) is 0 Å². The van der Waals surface area contributed by atoms with Gasteiger partial charge in [0.25, 0.3) is 5.91 Å². The Kier molecular flexibility index (Phi) is 6.90. The SMILES string of the molecule is COc1cccc(C(=O)N2CCOCC(Cc3ccc4cc[nH]c4n3)C2)c1OCc1ccccn1. The number of carbonyl (C=O) groups is 1. The quantitative estimate of drug-likeness (QED) is 0.439. The van der Waals surface area contributed by atoms with Gasteiger partial charge in [0.1, 0.15) is 12.3 Å². The van der Waals surface area contributed by atoms with Crippen LogP contribution in [0.1, 0.15) is 21.7 Å². The van der Waals surface area contributed by atoms with E-state index in [1.54, 1.807) is 31.5 Å². The number of hydrogen-bond donors (Lipinski definition) is 1. The second kappa shape index (κ2) is 10.6. The summed E-state index contributed by atoms with van der Waals surface area (Å²) in [5.74, 6) is 0.956. The van der Waals surface area contributed by atoms with Gasteiger partial charge in [-0.25, -0.2) is 4.98 Å². The average molecular weight is 473 g/mol. The van der Waals surface area contributed by atoms with Crippen LogP contribution in [0.15, 0.2) is 67.0 Å². The highest BCUT2D eigenvalue weighted by Gasteiger charge is 2.27. The van der Waals surface area contributed by atoms with Crippen molar-refractivity contribution in [1.29, 1.82) is 0 Å². The Morgan fingerprint density at radius 3 is 2.94 bits per heavy atom. The van der Waals surface area contributed by atoms with Crippen LogP contribution >= 0.6 is 0 Å². The second-order valence-electron chi connectivity index (χ2n) is 8.56. The van der Waals surface area contributed by atoms with Crippen molar-refractivity contribution < 1.29 is 19.0 Å². The zero-order valence-electron chi connectivity index (χ0n) is 19.6. The summed E-state index contributed by atoms with van der Waals surface area (Å²) in [5.41, 5.74) is 3.08. The molecular formula is C27H28N4O4. The van der Waals surface area contributed by atoms with Gasteiger partial charge in [0.05, 0.1) is 31.6 Å². The van der Waals surface area contributed by atoms with E-state index in [4.69, 9.17) is 19.2 Å². The van der Waals surface area contributed by atoms with Crippen LogP contribution in [0.5, 0.6) is 11.5 Å². The molecule has 1 atom stereocenters. The van der Waals surface area contributed by atoms with Gasteiger partial charge in [-0.05, 0) is 48.9 Å². The van der Waals surface area contributed by atoms with Crippen LogP contribution in [0, 0.1) is 5.92 Å². The summed E-state index contributed by atoms with van der Waals surface area (Å²) in [7, 11) is 1.57. The number of nitrogens with zero attached hydrogens (tertiary/aromatic N) is 3. The minimum Gasteiger partial charge on any atom is -0.493 e. The summed E-state index contributed by atoms with van der Waals surface area (Å²) >= 11 is 0. The number of pyridine rings is 2. The molecule has 0 bridgehead atoms. The summed E-state index contributed by atoms with van der Waals surface area (Å²) in [6.07, 6.45) is 4.32. The fourth-order valence-electron chi connectivity index (χ4n) is 4.36. The Balaban J connectivity index is 1.34. The van der Waals surface area contributed by atoms with Crippen LogP contribution in [0.4, 0.5) is 0 Å². The second-order valence-corrected chi connectivity index (χ2v) is 8.56. The molecule has 0 spiro atoms. The first kappa shape index (κ1) is 22.9. The Labute approximate surface area is 203 Å². The van der Waals surface area contributed by atoms with Crippen molar-refractivity contribution in [1.82, 2.24) is 19.9 Å². The van der Waals surface area contributed by atoms with E-state index in [2.05, 4.69) is 16.0 Å². The summed E-state index contributed by atoms with van der Waals surface area (Å²) in [5, 5.41) is 1.08. The lowest BCUT2D eigenvalue weighted by Gasteiger charge is -2.25. The van der Waals surface area contributed by atoms with E-state index in [-0.39, 0.29) is 18.4 Å². The van der Waals surface area contributed by atoms with Crippen molar-refractivity contribution in [2.45, 2.75) is 13.0 Å². The van der Waals surface area contributed by atoms with E-state index in [9.17, 15) is 4.79 Å². The van der Waals surface area contributed by atoms with Crippen molar-refractivity contribution in [3.8, 4) is 11.5 Å². The van der Waals surface area contributed by atoms with E-state index in [0.717, 1.165) is 28.8 Å². The molecule has 1 saturated heterocycles. The van der Waals surface area contributed by atoms with Gasteiger partial charge in [0.15, 0.2) is 11.5 Å². The average Bonchev–Trinajstić information content (AvgIpc) is 3.24. The van der Waals surface area contributed by atoms with Gasteiger partial charge < -0.3 is 24.1 Å². The Bertz CT molecular complexity index is 1290. The number of fused-ring (bicyclic) bond motifs is 1. The minimum atomic E-state index is -0.108. The normalized spacial score (nSPS) is 16.1. The first-order chi connectivity index (χ1) is 17.2. The van der Waals surface area contributed by atoms with Crippen molar-refractivity contribution in [2.24, 2.45) is 5.92 Å². The minimum absolute atomic E-state index is 0.108. The van der Waals surface area contributed by atoms with Crippen LogP contribution in [-0.2, 0) is 17.8 Å². The smallest absolute Gasteiger partial charge is 0.257 e. The predicted octanol–water partition coefficient (Wildman–Crippen LogP) is 3.88. The molecule has 4 aromatic rings. The molecule has 35 heavy (non-hydrogen) atoms. The highest BCUT2D eigenvalue weighted by atomic mass is 16.5. The van der Waals surface area contributed by atoms with Crippen LogP contribution in [0.3, 0.4) is 0 Å². The summed E-state index contributed by atoms with van der Waals surface area (Å²) in [4.78, 5) is 27.7. The Morgan fingerprint density at radius 1 is 1.14 bits per heavy atom. The standard InChI is InChI=1S/C27H28N4O4/c1-33-24-7-4-6-23(25(24)35-18-22-5-2-3-11-28-22)27(32)31-13-14-34-17-19(16-31)15-21-9-8-20-10-12-29-26(20)30-21/h2-12,19H,13-18H2,1H3,(H,29,30). The topological polar surface area (TPSA) is 89.6 Å². The van der Waals surface area contributed by atoms with E-state index >= 15 is 0 Å². The molecule has 0 radical (unpaired) electrons. The predicted molar refractivity (Wildman–Crippen MR) is 132 cm³/mol. The number of para-hydroxylation sites is 1. The number of ether oxygens (including phenoxy) is 3. The van der Waals surface area contributed by atoms with Gasteiger partial charge in [-0.3, -0.25) is 9.78 Å². The number of aromatic nitrogens is 3. The fraction of sp³-hybridized carbons (Fsp3) is 0.296. The summed E-state index contributed by atoms with van der Waals surface area (Å²) in [6, 6.07) is 17.1. The number of methoxy groups -OCH3 is 1. The largest absolute Gasteiger partial charge is 0.493 e. The van der Waals surface area contributed by atoms with Crippen molar-refractivity contribution in [2.75, 3.05) is 33.4 Å². The molecule has 0 saturated carbocycles. The first-order valence-corrected chi connectivity index (χ1v) is 11.7. The third-order valence-electron chi connectivity index (χ3n) is 6.11. The number of carbonyl (C=O) groups excluding carboxylic acids is 1. The molecule has 0 aliphatic carbocycles. The molecule has 1 amide bonds.